The Morgan fingerprint density at radius 2 is 2.09 bits per heavy atom. The third kappa shape index (κ3) is 3.13. The maximum atomic E-state index is 12.5. The maximum absolute atomic E-state index is 12.5. The van der Waals surface area contributed by atoms with Crippen molar-refractivity contribution in [3.63, 3.8) is 0 Å². The molecule has 3 rings (SSSR count). The van der Waals surface area contributed by atoms with E-state index in [0.29, 0.717) is 18.4 Å². The summed E-state index contributed by atoms with van der Waals surface area (Å²) in [5.74, 6) is 2.39. The van der Waals surface area contributed by atoms with E-state index in [0.717, 1.165) is 18.1 Å². The quantitative estimate of drug-likeness (QED) is 0.899. The number of hydrogen-bond donors (Lipinski definition) is 1. The average molecular weight is 301 g/mol. The van der Waals surface area contributed by atoms with E-state index in [-0.39, 0.29) is 12.0 Å². The number of amides is 1. The zero-order valence-electron chi connectivity index (χ0n) is 13.9. The average Bonchev–Trinajstić information content (AvgIpc) is 3.10. The lowest BCUT2D eigenvalue weighted by Crippen LogP contribution is -2.45. The third-order valence-electron chi connectivity index (χ3n) is 5.49. The van der Waals surface area contributed by atoms with Crippen molar-refractivity contribution < 1.29 is 9.53 Å². The van der Waals surface area contributed by atoms with E-state index in [9.17, 15) is 4.79 Å². The lowest BCUT2D eigenvalue weighted by molar-refractivity contribution is -0.129. The van der Waals surface area contributed by atoms with Gasteiger partial charge < -0.3 is 10.1 Å². The first-order valence-electron chi connectivity index (χ1n) is 8.61. The van der Waals surface area contributed by atoms with Gasteiger partial charge in [-0.2, -0.15) is 0 Å². The Labute approximate surface area is 133 Å². The molecule has 2 aliphatic carbocycles. The molecule has 3 heteroatoms. The highest BCUT2D eigenvalue weighted by Crippen LogP contribution is 2.44. The Kier molecular flexibility index (Phi) is 4.42. The number of hydrogen-bond acceptors (Lipinski definition) is 2. The van der Waals surface area contributed by atoms with Crippen LogP contribution in [0.4, 0.5) is 0 Å². The minimum atomic E-state index is -0.388. The minimum absolute atomic E-state index is 0.0540. The molecule has 2 aliphatic rings. The van der Waals surface area contributed by atoms with Gasteiger partial charge in [0.2, 0.25) is 0 Å². The lowest BCUT2D eigenvalue weighted by Gasteiger charge is -2.25. The first-order chi connectivity index (χ1) is 10.6. The summed E-state index contributed by atoms with van der Waals surface area (Å²) in [6.45, 7) is 6.16. The lowest BCUT2D eigenvalue weighted by atomic mass is 9.95. The molecule has 1 amide bonds. The van der Waals surface area contributed by atoms with E-state index >= 15 is 0 Å². The summed E-state index contributed by atoms with van der Waals surface area (Å²) in [6, 6.07) is 6.40. The molecule has 0 saturated heterocycles. The number of ether oxygens (including phenoxy) is 1. The Bertz CT molecular complexity index is 554. The number of aryl methyl sites for hydroxylation is 2. The second-order valence-electron chi connectivity index (χ2n) is 7.05. The summed E-state index contributed by atoms with van der Waals surface area (Å²) in [4.78, 5) is 12.5. The monoisotopic (exact) mass is 301 g/mol. The van der Waals surface area contributed by atoms with Gasteiger partial charge in [0.05, 0.1) is 0 Å². The van der Waals surface area contributed by atoms with Crippen molar-refractivity contribution in [2.75, 3.05) is 0 Å². The summed E-state index contributed by atoms with van der Waals surface area (Å²) in [6.07, 6.45) is 5.41. The molecule has 2 fully saturated rings. The molecule has 120 valence electrons. The van der Waals surface area contributed by atoms with Crippen LogP contribution in [-0.4, -0.2) is 18.1 Å². The van der Waals surface area contributed by atoms with Crippen molar-refractivity contribution in [3.8, 4) is 5.75 Å². The van der Waals surface area contributed by atoms with Crippen LogP contribution in [0.5, 0.6) is 5.75 Å². The van der Waals surface area contributed by atoms with Crippen LogP contribution < -0.4 is 10.1 Å². The molecule has 0 heterocycles. The van der Waals surface area contributed by atoms with Crippen LogP contribution in [0.25, 0.3) is 0 Å². The van der Waals surface area contributed by atoms with E-state index in [1.54, 1.807) is 0 Å². The van der Waals surface area contributed by atoms with Gasteiger partial charge in [0.25, 0.3) is 5.91 Å². The highest BCUT2D eigenvalue weighted by Gasteiger charge is 2.40. The number of rotatable bonds is 5. The van der Waals surface area contributed by atoms with Crippen LogP contribution in [0.3, 0.4) is 0 Å². The van der Waals surface area contributed by atoms with Gasteiger partial charge in [-0.25, -0.2) is 0 Å². The van der Waals surface area contributed by atoms with Gasteiger partial charge in [-0.15, -0.1) is 0 Å². The largest absolute Gasteiger partial charge is 0.481 e. The predicted octanol–water partition coefficient (Wildman–Crippen LogP) is 3.77. The van der Waals surface area contributed by atoms with E-state index in [1.807, 2.05) is 25.1 Å². The molecule has 1 N–H and O–H groups in total. The Hall–Kier alpha value is -1.51. The standard InChI is InChI=1S/C19H27NO2/c1-4-18(22-16-8-5-12(2)13(3)9-16)19(21)20-17-11-14-6-7-15(17)10-14/h5,8-9,14-15,17-18H,4,6-7,10-11H2,1-3H3,(H,20,21)/t14-,15-,17-,18-/m0/s1. The van der Waals surface area contributed by atoms with Crippen LogP contribution in [0.1, 0.15) is 50.2 Å². The molecule has 0 radical (unpaired) electrons. The molecule has 4 atom stereocenters. The molecule has 22 heavy (non-hydrogen) atoms. The molecule has 2 saturated carbocycles. The summed E-state index contributed by atoms with van der Waals surface area (Å²) in [5, 5.41) is 3.24. The molecule has 1 aromatic rings. The van der Waals surface area contributed by atoms with Gasteiger partial charge in [-0.3, -0.25) is 4.79 Å². The first kappa shape index (κ1) is 15.4. The highest BCUT2D eigenvalue weighted by atomic mass is 16.5. The van der Waals surface area contributed by atoms with Gasteiger partial charge >= 0.3 is 0 Å². The molecule has 3 nitrogen and oxygen atoms in total. The summed E-state index contributed by atoms with van der Waals surface area (Å²) >= 11 is 0. The van der Waals surface area contributed by atoms with Crippen molar-refractivity contribution in [3.05, 3.63) is 29.3 Å². The van der Waals surface area contributed by atoms with Crippen LogP contribution >= 0.6 is 0 Å². The van der Waals surface area contributed by atoms with Gasteiger partial charge in [-0.1, -0.05) is 19.4 Å². The first-order valence-corrected chi connectivity index (χ1v) is 8.61. The van der Waals surface area contributed by atoms with E-state index in [1.165, 1.54) is 30.4 Å². The highest BCUT2D eigenvalue weighted by molar-refractivity contribution is 5.81. The van der Waals surface area contributed by atoms with Crippen molar-refractivity contribution in [2.45, 2.75) is 65.0 Å². The molecule has 1 aromatic carbocycles. The normalized spacial score (nSPS) is 27.7. The van der Waals surface area contributed by atoms with Crippen LogP contribution in [0, 0.1) is 25.7 Å². The Morgan fingerprint density at radius 3 is 2.68 bits per heavy atom. The SMILES string of the molecule is CC[C@H](Oc1ccc(C)c(C)c1)C(=O)N[C@H]1C[C@H]2CC[C@H]1C2. The number of fused-ring (bicyclic) bond motifs is 2. The fraction of sp³-hybridized carbons (Fsp3) is 0.632. The number of benzene rings is 1. The Morgan fingerprint density at radius 1 is 1.27 bits per heavy atom. The number of carbonyl (C=O) groups is 1. The van der Waals surface area contributed by atoms with Crippen LogP contribution in [-0.2, 0) is 4.79 Å². The molecule has 0 aromatic heterocycles. The van der Waals surface area contributed by atoms with Gasteiger partial charge in [0.1, 0.15) is 5.75 Å². The van der Waals surface area contributed by atoms with Crippen LogP contribution in [0.2, 0.25) is 0 Å². The Balaban J connectivity index is 1.60. The molecule has 0 aliphatic heterocycles. The second kappa shape index (κ2) is 6.31. The summed E-state index contributed by atoms with van der Waals surface area (Å²) in [7, 11) is 0. The number of carbonyl (C=O) groups excluding carboxylic acids is 1. The topological polar surface area (TPSA) is 38.3 Å². The van der Waals surface area contributed by atoms with E-state index in [4.69, 9.17) is 4.74 Å². The van der Waals surface area contributed by atoms with Crippen molar-refractivity contribution in [1.29, 1.82) is 0 Å². The third-order valence-corrected chi connectivity index (χ3v) is 5.49. The molecular formula is C19H27NO2. The zero-order valence-corrected chi connectivity index (χ0v) is 13.9. The van der Waals surface area contributed by atoms with Crippen LogP contribution in [0.15, 0.2) is 18.2 Å². The van der Waals surface area contributed by atoms with Gasteiger partial charge in [0, 0.05) is 6.04 Å². The molecular weight excluding hydrogens is 274 g/mol. The zero-order chi connectivity index (χ0) is 15.7. The molecule has 0 spiro atoms. The van der Waals surface area contributed by atoms with Gasteiger partial charge in [-0.05, 0) is 74.6 Å². The van der Waals surface area contributed by atoms with Gasteiger partial charge in [0.15, 0.2) is 6.10 Å². The molecule has 0 unspecified atom stereocenters. The maximum Gasteiger partial charge on any atom is 0.261 e. The predicted molar refractivity (Wildman–Crippen MR) is 88.0 cm³/mol. The fourth-order valence-electron chi connectivity index (χ4n) is 3.97. The molecule has 2 bridgehead atoms. The summed E-state index contributed by atoms with van der Waals surface area (Å²) < 4.78 is 5.94. The fourth-order valence-corrected chi connectivity index (χ4v) is 3.97. The number of nitrogens with one attached hydrogen (secondary N) is 1. The van der Waals surface area contributed by atoms with E-state index in [2.05, 4.69) is 19.2 Å². The minimum Gasteiger partial charge on any atom is -0.481 e. The van der Waals surface area contributed by atoms with Crippen molar-refractivity contribution >= 4 is 5.91 Å². The van der Waals surface area contributed by atoms with Crippen molar-refractivity contribution in [2.24, 2.45) is 11.8 Å². The summed E-state index contributed by atoms with van der Waals surface area (Å²) in [5.41, 5.74) is 2.44. The smallest absolute Gasteiger partial charge is 0.261 e. The second-order valence-corrected chi connectivity index (χ2v) is 7.05. The van der Waals surface area contributed by atoms with Crippen molar-refractivity contribution in [1.82, 2.24) is 5.32 Å². The van der Waals surface area contributed by atoms with E-state index < -0.39 is 0 Å².